The molecule has 0 amide bonds. The summed E-state index contributed by atoms with van der Waals surface area (Å²) >= 11 is 0. The third kappa shape index (κ3) is 3.42. The van der Waals surface area contributed by atoms with Crippen LogP contribution in [-0.4, -0.2) is 27.9 Å². The van der Waals surface area contributed by atoms with Crippen molar-refractivity contribution in [3.8, 4) is 0 Å². The van der Waals surface area contributed by atoms with Gasteiger partial charge < -0.3 is 10.5 Å². The molecule has 0 spiro atoms. The van der Waals surface area contributed by atoms with E-state index in [2.05, 4.69) is 4.98 Å². The number of anilines is 1. The Morgan fingerprint density at radius 2 is 1.89 bits per heavy atom. The minimum absolute atomic E-state index is 0.212. The van der Waals surface area contributed by atoms with Crippen molar-refractivity contribution < 1.29 is 14.3 Å². The molecule has 1 aromatic heterocycles. The van der Waals surface area contributed by atoms with Crippen molar-refractivity contribution in [2.24, 2.45) is 0 Å². The molecule has 3 rings (SSSR count). The van der Waals surface area contributed by atoms with Crippen LogP contribution in [0.5, 0.6) is 0 Å². The van der Waals surface area contributed by atoms with Crippen molar-refractivity contribution in [2.45, 2.75) is 38.1 Å². The molecular formula is C19H21N3O5. The molecule has 3 N–H and O–H groups in total. The molecule has 0 radical (unpaired) electrons. The fourth-order valence-corrected chi connectivity index (χ4v) is 3.14. The number of carbonyl (C=O) groups is 2. The average molecular weight is 371 g/mol. The average Bonchev–Trinajstić information content (AvgIpc) is 3.46. The molecule has 1 saturated carbocycles. The Labute approximate surface area is 155 Å². The lowest BCUT2D eigenvalue weighted by Gasteiger charge is -2.15. The largest absolute Gasteiger partial charge is 0.457 e. The normalized spacial score (nSPS) is 14.6. The van der Waals surface area contributed by atoms with Gasteiger partial charge in [-0.25, -0.2) is 4.79 Å². The standard InChI is InChI=1S/C19H21N3O5/c1-2-10-22-15(20)14(16(24)21-18(22)26)13(23)11-27-17(25)19(8-9-19)12-6-4-3-5-7-12/h3-7H,2,8-11,20H2,1H3,(H,21,24,26). The molecule has 1 aromatic carbocycles. The van der Waals surface area contributed by atoms with Crippen LogP contribution in [0.2, 0.25) is 0 Å². The van der Waals surface area contributed by atoms with Gasteiger partial charge in [0.2, 0.25) is 5.78 Å². The first-order valence-electron chi connectivity index (χ1n) is 8.79. The number of Topliss-reactive ketones (excluding diaryl/α,β-unsaturated/α-hetero) is 1. The zero-order valence-electron chi connectivity index (χ0n) is 15.0. The summed E-state index contributed by atoms with van der Waals surface area (Å²) in [5.41, 5.74) is 4.06. The molecule has 1 aliphatic carbocycles. The van der Waals surface area contributed by atoms with Crippen LogP contribution in [0.25, 0.3) is 0 Å². The first kappa shape index (κ1) is 18.6. The second-order valence-electron chi connectivity index (χ2n) is 6.62. The van der Waals surface area contributed by atoms with Crippen molar-refractivity contribution in [2.75, 3.05) is 12.3 Å². The maximum Gasteiger partial charge on any atom is 0.329 e. The maximum atomic E-state index is 12.5. The number of nitrogen functional groups attached to an aromatic ring is 1. The molecule has 0 bridgehead atoms. The summed E-state index contributed by atoms with van der Waals surface area (Å²) in [4.78, 5) is 50.9. The molecule has 27 heavy (non-hydrogen) atoms. The zero-order valence-corrected chi connectivity index (χ0v) is 15.0. The van der Waals surface area contributed by atoms with Gasteiger partial charge in [-0.1, -0.05) is 37.3 Å². The van der Waals surface area contributed by atoms with Crippen LogP contribution in [0, 0.1) is 0 Å². The number of hydrogen-bond donors (Lipinski definition) is 2. The van der Waals surface area contributed by atoms with Crippen molar-refractivity contribution >= 4 is 17.6 Å². The number of esters is 1. The molecule has 0 saturated heterocycles. The lowest BCUT2D eigenvalue weighted by atomic mass is 9.96. The Morgan fingerprint density at radius 3 is 2.48 bits per heavy atom. The summed E-state index contributed by atoms with van der Waals surface area (Å²) in [6, 6.07) is 9.23. The highest BCUT2D eigenvalue weighted by atomic mass is 16.5. The Morgan fingerprint density at radius 1 is 1.22 bits per heavy atom. The van der Waals surface area contributed by atoms with Crippen LogP contribution < -0.4 is 17.0 Å². The van der Waals surface area contributed by atoms with E-state index in [4.69, 9.17) is 10.5 Å². The van der Waals surface area contributed by atoms with Gasteiger partial charge in [0.05, 0.1) is 5.41 Å². The zero-order chi connectivity index (χ0) is 19.6. The van der Waals surface area contributed by atoms with Gasteiger partial charge >= 0.3 is 11.7 Å². The SMILES string of the molecule is CCCn1c(N)c(C(=O)COC(=O)C2(c3ccccc3)CC2)c(=O)[nH]c1=O. The topological polar surface area (TPSA) is 124 Å². The number of aromatic amines is 1. The number of carbonyl (C=O) groups excluding carboxylic acids is 2. The predicted octanol–water partition coefficient (Wildman–Crippen LogP) is 0.987. The van der Waals surface area contributed by atoms with E-state index in [-0.39, 0.29) is 17.9 Å². The van der Waals surface area contributed by atoms with Crippen molar-refractivity contribution in [3.63, 3.8) is 0 Å². The Kier molecular flexibility index (Phi) is 4.98. The van der Waals surface area contributed by atoms with Crippen LogP contribution in [0.4, 0.5) is 5.82 Å². The van der Waals surface area contributed by atoms with Crippen LogP contribution in [0.1, 0.15) is 42.1 Å². The predicted molar refractivity (Wildman–Crippen MR) is 98.7 cm³/mol. The Balaban J connectivity index is 1.77. The quantitative estimate of drug-likeness (QED) is 0.552. The molecule has 2 aromatic rings. The van der Waals surface area contributed by atoms with Gasteiger partial charge in [-0.2, -0.15) is 0 Å². The van der Waals surface area contributed by atoms with Gasteiger partial charge in [0.25, 0.3) is 5.56 Å². The molecule has 0 aliphatic heterocycles. The number of H-pyrrole nitrogens is 1. The number of nitrogens with two attached hydrogens (primary N) is 1. The highest BCUT2D eigenvalue weighted by molar-refractivity contribution is 6.01. The van der Waals surface area contributed by atoms with E-state index in [0.29, 0.717) is 19.3 Å². The summed E-state index contributed by atoms with van der Waals surface area (Å²) in [6.07, 6.45) is 1.89. The van der Waals surface area contributed by atoms with Gasteiger partial charge in [0, 0.05) is 6.54 Å². The smallest absolute Gasteiger partial charge is 0.329 e. The minimum Gasteiger partial charge on any atom is -0.457 e. The highest BCUT2D eigenvalue weighted by Crippen LogP contribution is 2.49. The van der Waals surface area contributed by atoms with Crippen LogP contribution in [0.3, 0.4) is 0 Å². The summed E-state index contributed by atoms with van der Waals surface area (Å²) in [7, 11) is 0. The summed E-state index contributed by atoms with van der Waals surface area (Å²) in [5.74, 6) is -1.45. The molecular weight excluding hydrogens is 350 g/mol. The summed E-state index contributed by atoms with van der Waals surface area (Å²) in [6.45, 7) is 1.49. The lowest BCUT2D eigenvalue weighted by molar-refractivity contribution is -0.145. The molecule has 8 nitrogen and oxygen atoms in total. The fraction of sp³-hybridized carbons (Fsp3) is 0.368. The number of nitrogens with zero attached hydrogens (tertiary/aromatic N) is 1. The van der Waals surface area contributed by atoms with Gasteiger partial charge in [0.1, 0.15) is 11.4 Å². The number of hydrogen-bond acceptors (Lipinski definition) is 6. The van der Waals surface area contributed by atoms with Crippen molar-refractivity contribution in [1.82, 2.24) is 9.55 Å². The van der Waals surface area contributed by atoms with Gasteiger partial charge in [-0.05, 0) is 24.8 Å². The molecule has 0 atom stereocenters. The molecule has 8 heteroatoms. The summed E-state index contributed by atoms with van der Waals surface area (Å²) in [5, 5.41) is 0. The number of nitrogens with one attached hydrogen (secondary N) is 1. The number of aromatic nitrogens is 2. The van der Waals surface area contributed by atoms with Crippen LogP contribution in [0.15, 0.2) is 39.9 Å². The van der Waals surface area contributed by atoms with Crippen molar-refractivity contribution in [1.29, 1.82) is 0 Å². The van der Waals surface area contributed by atoms with E-state index in [9.17, 15) is 19.2 Å². The van der Waals surface area contributed by atoms with E-state index in [1.165, 1.54) is 0 Å². The molecule has 0 unspecified atom stereocenters. The lowest BCUT2D eigenvalue weighted by Crippen LogP contribution is -2.37. The van der Waals surface area contributed by atoms with Crippen molar-refractivity contribution in [3.05, 3.63) is 62.3 Å². The first-order chi connectivity index (χ1) is 12.9. The van der Waals surface area contributed by atoms with Gasteiger partial charge in [-0.15, -0.1) is 0 Å². The highest BCUT2D eigenvalue weighted by Gasteiger charge is 2.52. The van der Waals surface area contributed by atoms with E-state index in [1.54, 1.807) is 0 Å². The third-order valence-electron chi connectivity index (χ3n) is 4.77. The van der Waals surface area contributed by atoms with E-state index in [1.807, 2.05) is 37.3 Å². The molecule has 1 heterocycles. The fourth-order valence-electron chi connectivity index (χ4n) is 3.14. The second kappa shape index (κ2) is 7.22. The number of rotatable bonds is 7. The number of ether oxygens (including phenoxy) is 1. The maximum absolute atomic E-state index is 12.5. The van der Waals surface area contributed by atoms with Gasteiger partial charge in [-0.3, -0.25) is 23.9 Å². The van der Waals surface area contributed by atoms with Gasteiger partial charge in [0.15, 0.2) is 6.61 Å². The Hall–Kier alpha value is -3.16. The molecule has 142 valence electrons. The molecule has 1 fully saturated rings. The summed E-state index contributed by atoms with van der Waals surface area (Å²) < 4.78 is 6.32. The number of ketones is 1. The van der Waals surface area contributed by atoms with Crippen LogP contribution >= 0.6 is 0 Å². The van der Waals surface area contributed by atoms with E-state index >= 15 is 0 Å². The van der Waals surface area contributed by atoms with E-state index < -0.39 is 35.0 Å². The molecule has 1 aliphatic rings. The minimum atomic E-state index is -0.880. The Bertz CT molecular complexity index is 987. The number of benzene rings is 1. The van der Waals surface area contributed by atoms with E-state index in [0.717, 1.165) is 10.1 Å². The first-order valence-corrected chi connectivity index (χ1v) is 8.79. The third-order valence-corrected chi connectivity index (χ3v) is 4.77. The monoisotopic (exact) mass is 371 g/mol. The second-order valence-corrected chi connectivity index (χ2v) is 6.62. The van der Waals surface area contributed by atoms with Crippen LogP contribution in [-0.2, 0) is 21.5 Å².